The zero-order chi connectivity index (χ0) is 18.9. The Hall–Kier alpha value is -1.46. The zero-order valence-electron chi connectivity index (χ0n) is 15.7. The van der Waals surface area contributed by atoms with E-state index < -0.39 is 11.3 Å². The van der Waals surface area contributed by atoms with Crippen molar-refractivity contribution in [2.75, 3.05) is 0 Å². The van der Waals surface area contributed by atoms with Crippen molar-refractivity contribution in [3.63, 3.8) is 0 Å². The fourth-order valence-electron chi connectivity index (χ4n) is 2.46. The molecule has 0 fully saturated rings. The minimum absolute atomic E-state index is 0.0326. The summed E-state index contributed by atoms with van der Waals surface area (Å²) in [6, 6.07) is 7.32. The maximum absolute atomic E-state index is 11.9. The summed E-state index contributed by atoms with van der Waals surface area (Å²) in [6.45, 7) is 6.00. The van der Waals surface area contributed by atoms with Crippen LogP contribution in [-0.2, 0) is 11.2 Å². The van der Waals surface area contributed by atoms with Gasteiger partial charge in [-0.3, -0.25) is 4.79 Å². The Bertz CT molecular complexity index is 685. The lowest BCUT2D eigenvalue weighted by Gasteiger charge is -2.12. The number of ether oxygens (including phenoxy) is 1. The number of halogens is 1. The van der Waals surface area contributed by atoms with Gasteiger partial charge in [0.25, 0.3) is 0 Å². The van der Waals surface area contributed by atoms with Crippen molar-refractivity contribution in [2.45, 2.75) is 64.7 Å². The van der Waals surface area contributed by atoms with E-state index >= 15 is 0 Å². The van der Waals surface area contributed by atoms with Crippen LogP contribution in [0.25, 0.3) is 10.6 Å². The minimum atomic E-state index is -0.641. The van der Waals surface area contributed by atoms with Crippen LogP contribution in [0, 0.1) is 5.92 Å². The predicted molar refractivity (Wildman–Crippen MR) is 108 cm³/mol. The molecule has 0 N–H and O–H groups in total. The second kappa shape index (κ2) is 10.6. The molecule has 0 radical (unpaired) electrons. The van der Waals surface area contributed by atoms with Crippen molar-refractivity contribution < 1.29 is 9.53 Å². The highest BCUT2D eigenvalue weighted by Gasteiger charge is 2.21. The van der Waals surface area contributed by atoms with Crippen molar-refractivity contribution in [1.82, 2.24) is 10.2 Å². The van der Waals surface area contributed by atoms with Gasteiger partial charge in [0.05, 0.1) is 0 Å². The number of carbonyl (C=O) groups excluding carboxylic acids is 1. The van der Waals surface area contributed by atoms with Crippen LogP contribution in [0.1, 0.15) is 57.9 Å². The van der Waals surface area contributed by atoms with E-state index in [1.54, 1.807) is 23.5 Å². The number of hydrogen-bond acceptors (Lipinski definition) is 5. The fourth-order valence-corrected chi connectivity index (χ4v) is 3.39. The molecular weight excluding hydrogens is 368 g/mol. The van der Waals surface area contributed by atoms with Crippen LogP contribution in [0.2, 0.25) is 0 Å². The first kappa shape index (κ1) is 20.8. The van der Waals surface area contributed by atoms with E-state index in [0.717, 1.165) is 22.0 Å². The van der Waals surface area contributed by atoms with Gasteiger partial charge < -0.3 is 4.74 Å². The standard InChI is InChI=1S/C20H27ClN2O2S/c1-4-5-6-7-8-9-17-22-23-19(26-17)15-10-12-16(13-11-15)25-20(24)18(21)14(2)3/h10-14,18H,4-9H2,1-3H3. The molecule has 1 atom stereocenters. The summed E-state index contributed by atoms with van der Waals surface area (Å²) < 4.78 is 5.32. The average Bonchev–Trinajstić information content (AvgIpc) is 3.10. The third-order valence-electron chi connectivity index (χ3n) is 4.09. The molecule has 2 rings (SSSR count). The Labute approximate surface area is 164 Å². The fraction of sp³-hybridized carbons (Fsp3) is 0.550. The van der Waals surface area contributed by atoms with Crippen LogP contribution in [-0.4, -0.2) is 21.5 Å². The number of benzene rings is 1. The van der Waals surface area contributed by atoms with Crippen molar-refractivity contribution in [2.24, 2.45) is 5.92 Å². The highest BCUT2D eigenvalue weighted by atomic mass is 35.5. The number of esters is 1. The first-order valence-electron chi connectivity index (χ1n) is 9.29. The lowest BCUT2D eigenvalue weighted by molar-refractivity contribution is -0.134. The lowest BCUT2D eigenvalue weighted by atomic mass is 10.1. The van der Waals surface area contributed by atoms with Gasteiger partial charge in [-0.05, 0) is 36.6 Å². The Balaban J connectivity index is 1.89. The number of aromatic nitrogens is 2. The summed E-state index contributed by atoms with van der Waals surface area (Å²) in [4.78, 5) is 11.9. The number of carbonyl (C=O) groups is 1. The van der Waals surface area contributed by atoms with Gasteiger partial charge in [0.1, 0.15) is 21.1 Å². The van der Waals surface area contributed by atoms with E-state index in [1.807, 2.05) is 26.0 Å². The molecule has 0 saturated carbocycles. The van der Waals surface area contributed by atoms with Crippen molar-refractivity contribution in [3.05, 3.63) is 29.3 Å². The topological polar surface area (TPSA) is 52.1 Å². The van der Waals surface area contributed by atoms with E-state index in [1.165, 1.54) is 32.1 Å². The maximum atomic E-state index is 11.9. The SMILES string of the molecule is CCCCCCCc1nnc(-c2ccc(OC(=O)C(Cl)C(C)C)cc2)s1. The molecule has 1 heterocycles. The zero-order valence-corrected chi connectivity index (χ0v) is 17.3. The van der Waals surface area contributed by atoms with E-state index in [0.29, 0.717) is 5.75 Å². The highest BCUT2D eigenvalue weighted by molar-refractivity contribution is 7.14. The first-order chi connectivity index (χ1) is 12.5. The Morgan fingerprint density at radius 2 is 1.81 bits per heavy atom. The number of rotatable bonds is 10. The molecule has 0 amide bonds. The predicted octanol–water partition coefficient (Wildman–Crippen LogP) is 5.89. The van der Waals surface area contributed by atoms with E-state index in [-0.39, 0.29) is 5.92 Å². The number of unbranched alkanes of at least 4 members (excludes halogenated alkanes) is 4. The van der Waals surface area contributed by atoms with E-state index in [9.17, 15) is 4.79 Å². The van der Waals surface area contributed by atoms with E-state index in [2.05, 4.69) is 17.1 Å². The Kier molecular flexibility index (Phi) is 8.52. The molecule has 0 aliphatic rings. The van der Waals surface area contributed by atoms with Gasteiger partial charge in [0.15, 0.2) is 0 Å². The average molecular weight is 395 g/mol. The molecule has 0 saturated heterocycles. The summed E-state index contributed by atoms with van der Waals surface area (Å²) in [7, 11) is 0. The molecule has 1 aromatic heterocycles. The molecule has 0 bridgehead atoms. The lowest BCUT2D eigenvalue weighted by Crippen LogP contribution is -2.25. The van der Waals surface area contributed by atoms with Gasteiger partial charge in [0.2, 0.25) is 0 Å². The third-order valence-corrected chi connectivity index (χ3v) is 5.81. The van der Waals surface area contributed by atoms with Crippen LogP contribution in [0.5, 0.6) is 5.75 Å². The van der Waals surface area contributed by atoms with Crippen LogP contribution < -0.4 is 4.74 Å². The van der Waals surface area contributed by atoms with Crippen LogP contribution >= 0.6 is 22.9 Å². The maximum Gasteiger partial charge on any atom is 0.329 e. The number of hydrogen-bond donors (Lipinski definition) is 0. The summed E-state index contributed by atoms with van der Waals surface area (Å²) in [5, 5.41) is 9.90. The third kappa shape index (κ3) is 6.36. The molecule has 0 aliphatic carbocycles. The van der Waals surface area contributed by atoms with Crippen LogP contribution in [0.4, 0.5) is 0 Å². The summed E-state index contributed by atoms with van der Waals surface area (Å²) in [6.07, 6.45) is 7.27. The van der Waals surface area contributed by atoms with Crippen LogP contribution in [0.3, 0.4) is 0 Å². The molecule has 6 heteroatoms. The number of alkyl halides is 1. The minimum Gasteiger partial charge on any atom is -0.425 e. The van der Waals surface area contributed by atoms with Crippen LogP contribution in [0.15, 0.2) is 24.3 Å². The second-order valence-electron chi connectivity index (χ2n) is 6.76. The molecule has 0 aliphatic heterocycles. The molecule has 26 heavy (non-hydrogen) atoms. The quantitative estimate of drug-likeness (QED) is 0.218. The highest BCUT2D eigenvalue weighted by Crippen LogP contribution is 2.27. The van der Waals surface area contributed by atoms with Gasteiger partial charge in [-0.25, -0.2) is 0 Å². The first-order valence-corrected chi connectivity index (χ1v) is 10.5. The van der Waals surface area contributed by atoms with Gasteiger partial charge >= 0.3 is 5.97 Å². The van der Waals surface area contributed by atoms with Gasteiger partial charge in [-0.2, -0.15) is 0 Å². The van der Waals surface area contributed by atoms with E-state index in [4.69, 9.17) is 16.3 Å². The molecule has 0 spiro atoms. The smallest absolute Gasteiger partial charge is 0.329 e. The molecule has 1 unspecified atom stereocenters. The van der Waals surface area contributed by atoms with Crippen molar-refractivity contribution >= 4 is 28.9 Å². The van der Waals surface area contributed by atoms with Gasteiger partial charge in [-0.1, -0.05) is 57.8 Å². The molecule has 1 aromatic carbocycles. The Morgan fingerprint density at radius 3 is 2.46 bits per heavy atom. The van der Waals surface area contributed by atoms with Crippen molar-refractivity contribution in [1.29, 1.82) is 0 Å². The second-order valence-corrected chi connectivity index (χ2v) is 8.29. The Morgan fingerprint density at radius 1 is 1.12 bits per heavy atom. The van der Waals surface area contributed by atoms with Gasteiger partial charge in [0, 0.05) is 12.0 Å². The molecule has 2 aromatic rings. The number of aryl methyl sites for hydroxylation is 1. The summed E-state index contributed by atoms with van der Waals surface area (Å²) in [5.41, 5.74) is 0.978. The monoisotopic (exact) mass is 394 g/mol. The number of nitrogens with zero attached hydrogens (tertiary/aromatic N) is 2. The molecule has 4 nitrogen and oxygen atoms in total. The summed E-state index contributed by atoms with van der Waals surface area (Å²) in [5.74, 6) is 0.103. The molecule has 142 valence electrons. The summed E-state index contributed by atoms with van der Waals surface area (Å²) >= 11 is 7.65. The largest absolute Gasteiger partial charge is 0.425 e. The van der Waals surface area contributed by atoms with Crippen molar-refractivity contribution in [3.8, 4) is 16.3 Å². The molecular formula is C20H27ClN2O2S. The van der Waals surface area contributed by atoms with Gasteiger partial charge in [-0.15, -0.1) is 21.8 Å². The normalized spacial score (nSPS) is 12.3.